The second kappa shape index (κ2) is 7.88. The first kappa shape index (κ1) is 18.6. The minimum atomic E-state index is -0.377. The van der Waals surface area contributed by atoms with E-state index in [1.54, 1.807) is 6.92 Å². The van der Waals surface area contributed by atoms with Crippen LogP contribution in [0.25, 0.3) is 0 Å². The number of rotatable bonds is 6. The van der Waals surface area contributed by atoms with Crippen LogP contribution in [0.3, 0.4) is 0 Å². The maximum atomic E-state index is 12.4. The molecule has 24 heavy (non-hydrogen) atoms. The van der Waals surface area contributed by atoms with Crippen molar-refractivity contribution in [1.29, 1.82) is 0 Å². The lowest BCUT2D eigenvalue weighted by atomic mass is 9.89. The van der Waals surface area contributed by atoms with Gasteiger partial charge in [-0.05, 0) is 19.1 Å². The molecule has 4 nitrogen and oxygen atoms in total. The Morgan fingerprint density at radius 1 is 1.21 bits per heavy atom. The standard InChI is InChI=1S/C19H23BrO4/c1-5-22-18(21)16-14(12-23-13-9-7-6-8-10-13)17(19(2,3)4)24-15(16)11-20/h6-10H,5,11-12H2,1-4H3. The molecule has 0 saturated heterocycles. The van der Waals surface area contributed by atoms with Crippen molar-refractivity contribution in [1.82, 2.24) is 0 Å². The number of ether oxygens (including phenoxy) is 2. The zero-order valence-electron chi connectivity index (χ0n) is 14.5. The first-order chi connectivity index (χ1) is 11.4. The largest absolute Gasteiger partial charge is 0.489 e. The van der Waals surface area contributed by atoms with Gasteiger partial charge in [-0.25, -0.2) is 4.79 Å². The third-order valence-corrected chi connectivity index (χ3v) is 4.00. The van der Waals surface area contributed by atoms with Gasteiger partial charge in [0.05, 0.1) is 11.9 Å². The molecule has 0 saturated carbocycles. The van der Waals surface area contributed by atoms with Crippen LogP contribution in [0.2, 0.25) is 0 Å². The van der Waals surface area contributed by atoms with Crippen LogP contribution in [-0.2, 0) is 22.1 Å². The summed E-state index contributed by atoms with van der Waals surface area (Å²) in [5.41, 5.74) is 0.964. The van der Waals surface area contributed by atoms with Gasteiger partial charge in [0.25, 0.3) is 0 Å². The Labute approximate surface area is 151 Å². The predicted molar refractivity (Wildman–Crippen MR) is 96.8 cm³/mol. The van der Waals surface area contributed by atoms with E-state index in [-0.39, 0.29) is 18.0 Å². The van der Waals surface area contributed by atoms with Gasteiger partial charge in [0, 0.05) is 11.0 Å². The van der Waals surface area contributed by atoms with Crippen molar-refractivity contribution in [3.05, 3.63) is 53.0 Å². The number of carbonyl (C=O) groups is 1. The van der Waals surface area contributed by atoms with Crippen molar-refractivity contribution >= 4 is 21.9 Å². The molecule has 0 unspecified atom stereocenters. The lowest BCUT2D eigenvalue weighted by Gasteiger charge is -2.18. The van der Waals surface area contributed by atoms with Crippen molar-refractivity contribution in [2.45, 2.75) is 45.0 Å². The molecule has 0 bridgehead atoms. The Hall–Kier alpha value is -1.75. The van der Waals surface area contributed by atoms with E-state index in [1.165, 1.54) is 0 Å². The van der Waals surface area contributed by atoms with Crippen LogP contribution in [0.4, 0.5) is 0 Å². The summed E-state index contributed by atoms with van der Waals surface area (Å²) >= 11 is 3.40. The Kier molecular flexibility index (Phi) is 6.10. The summed E-state index contributed by atoms with van der Waals surface area (Å²) < 4.78 is 17.1. The molecule has 0 aliphatic carbocycles. The van der Waals surface area contributed by atoms with Gasteiger partial charge in [-0.3, -0.25) is 0 Å². The molecule has 0 spiro atoms. The lowest BCUT2D eigenvalue weighted by Crippen LogP contribution is -2.16. The van der Waals surface area contributed by atoms with Crippen molar-refractivity contribution in [3.63, 3.8) is 0 Å². The number of hydrogen-bond acceptors (Lipinski definition) is 4. The van der Waals surface area contributed by atoms with Crippen LogP contribution >= 0.6 is 15.9 Å². The average molecular weight is 395 g/mol. The number of benzene rings is 1. The van der Waals surface area contributed by atoms with Crippen molar-refractivity contribution in [2.24, 2.45) is 0 Å². The number of halogens is 1. The van der Waals surface area contributed by atoms with Crippen molar-refractivity contribution < 1.29 is 18.7 Å². The predicted octanol–water partition coefficient (Wildman–Crippen LogP) is 5.23. The summed E-state index contributed by atoms with van der Waals surface area (Å²) in [7, 11) is 0. The topological polar surface area (TPSA) is 48.7 Å². The maximum absolute atomic E-state index is 12.4. The molecule has 130 valence electrons. The van der Waals surface area contributed by atoms with E-state index >= 15 is 0 Å². The van der Waals surface area contributed by atoms with E-state index in [0.29, 0.717) is 23.3 Å². The molecule has 0 N–H and O–H groups in total. The second-order valence-corrected chi connectivity index (χ2v) is 6.97. The number of alkyl halides is 1. The van der Waals surface area contributed by atoms with Gasteiger partial charge in [0.2, 0.25) is 0 Å². The lowest BCUT2D eigenvalue weighted by molar-refractivity contribution is 0.0521. The Bertz CT molecular complexity index is 683. The highest BCUT2D eigenvalue weighted by Gasteiger charge is 2.32. The third-order valence-electron chi connectivity index (χ3n) is 3.49. The van der Waals surface area contributed by atoms with E-state index in [0.717, 1.165) is 17.1 Å². The molecule has 0 radical (unpaired) electrons. The third kappa shape index (κ3) is 4.20. The van der Waals surface area contributed by atoms with Gasteiger partial charge in [0.15, 0.2) is 0 Å². The minimum Gasteiger partial charge on any atom is -0.489 e. The SMILES string of the molecule is CCOC(=O)c1c(CBr)oc(C(C)(C)C)c1COc1ccccc1. The summed E-state index contributed by atoms with van der Waals surface area (Å²) in [5, 5.41) is 0.440. The highest BCUT2D eigenvalue weighted by Crippen LogP contribution is 2.35. The molecule has 2 rings (SSSR count). The van der Waals surface area contributed by atoms with Crippen LogP contribution in [-0.4, -0.2) is 12.6 Å². The molecule has 0 aliphatic rings. The zero-order valence-corrected chi connectivity index (χ0v) is 16.1. The molecule has 0 amide bonds. The number of hydrogen-bond donors (Lipinski definition) is 0. The van der Waals surface area contributed by atoms with Gasteiger partial charge in [-0.1, -0.05) is 54.9 Å². The summed E-state index contributed by atoms with van der Waals surface area (Å²) in [5.74, 6) is 1.69. The van der Waals surface area contributed by atoms with E-state index < -0.39 is 0 Å². The molecule has 0 fully saturated rings. The number of para-hydroxylation sites is 1. The van der Waals surface area contributed by atoms with Gasteiger partial charge >= 0.3 is 5.97 Å². The fourth-order valence-electron chi connectivity index (χ4n) is 2.47. The molecule has 5 heteroatoms. The molecule has 0 aliphatic heterocycles. The second-order valence-electron chi connectivity index (χ2n) is 6.41. The summed E-state index contributed by atoms with van der Waals surface area (Å²) in [6.45, 7) is 8.49. The summed E-state index contributed by atoms with van der Waals surface area (Å²) in [4.78, 5) is 12.4. The maximum Gasteiger partial charge on any atom is 0.342 e. The van der Waals surface area contributed by atoms with Crippen LogP contribution in [0, 0.1) is 0 Å². The highest BCUT2D eigenvalue weighted by molar-refractivity contribution is 9.08. The Balaban J connectivity index is 2.44. The first-order valence-electron chi connectivity index (χ1n) is 7.94. The molecule has 1 heterocycles. The van der Waals surface area contributed by atoms with Gasteiger partial charge < -0.3 is 13.9 Å². The molecular formula is C19H23BrO4. The van der Waals surface area contributed by atoms with Crippen LogP contribution in [0.15, 0.2) is 34.7 Å². The molecule has 0 atom stereocenters. The molecular weight excluding hydrogens is 372 g/mol. The monoisotopic (exact) mass is 394 g/mol. The fraction of sp³-hybridized carbons (Fsp3) is 0.421. The number of carbonyl (C=O) groups excluding carboxylic acids is 1. The number of furan rings is 1. The van der Waals surface area contributed by atoms with Crippen LogP contribution < -0.4 is 4.74 Å². The van der Waals surface area contributed by atoms with Gasteiger partial charge in [-0.2, -0.15) is 0 Å². The van der Waals surface area contributed by atoms with E-state index in [9.17, 15) is 4.79 Å². The Morgan fingerprint density at radius 2 is 1.88 bits per heavy atom. The molecule has 1 aromatic heterocycles. The van der Waals surface area contributed by atoms with Gasteiger partial charge in [-0.15, -0.1) is 0 Å². The van der Waals surface area contributed by atoms with Gasteiger partial charge in [0.1, 0.15) is 29.4 Å². The summed E-state index contributed by atoms with van der Waals surface area (Å²) in [6, 6.07) is 9.51. The fourth-order valence-corrected chi connectivity index (χ4v) is 2.86. The quantitative estimate of drug-likeness (QED) is 0.497. The molecule has 1 aromatic carbocycles. The molecule has 2 aromatic rings. The Morgan fingerprint density at radius 3 is 2.42 bits per heavy atom. The normalized spacial score (nSPS) is 11.4. The van der Waals surface area contributed by atoms with Crippen LogP contribution in [0.1, 0.15) is 55.1 Å². The smallest absolute Gasteiger partial charge is 0.342 e. The number of esters is 1. The minimum absolute atomic E-state index is 0.251. The first-order valence-corrected chi connectivity index (χ1v) is 9.06. The average Bonchev–Trinajstić information content (AvgIpc) is 2.93. The van der Waals surface area contributed by atoms with Crippen molar-refractivity contribution in [2.75, 3.05) is 6.61 Å². The van der Waals surface area contributed by atoms with E-state index in [2.05, 4.69) is 15.9 Å². The van der Waals surface area contributed by atoms with Crippen molar-refractivity contribution in [3.8, 4) is 5.75 Å². The van der Waals surface area contributed by atoms with Crippen LogP contribution in [0.5, 0.6) is 5.75 Å². The van der Waals surface area contributed by atoms with E-state index in [4.69, 9.17) is 13.9 Å². The van der Waals surface area contributed by atoms with E-state index in [1.807, 2.05) is 51.1 Å². The highest BCUT2D eigenvalue weighted by atomic mass is 79.9. The zero-order chi connectivity index (χ0) is 17.7. The summed E-state index contributed by atoms with van der Waals surface area (Å²) in [6.07, 6.45) is 0.